The van der Waals surface area contributed by atoms with E-state index in [2.05, 4.69) is 52.1 Å². The first-order chi connectivity index (χ1) is 21.0. The summed E-state index contributed by atoms with van der Waals surface area (Å²) in [5.74, 6) is 0.174. The average Bonchev–Trinajstić information content (AvgIpc) is 3.76. The van der Waals surface area contributed by atoms with Crippen LogP contribution < -0.4 is 4.74 Å². The Hall–Kier alpha value is -4.67. The number of hydrogen-bond donors (Lipinski definition) is 2. The molecule has 6 heterocycles. The summed E-state index contributed by atoms with van der Waals surface area (Å²) in [5, 5.41) is 9.42. The second-order valence-corrected chi connectivity index (χ2v) is 11.4. The van der Waals surface area contributed by atoms with Crippen LogP contribution in [0.2, 0.25) is 0 Å². The van der Waals surface area contributed by atoms with Crippen LogP contribution in [0.15, 0.2) is 67.4 Å². The molecule has 1 fully saturated rings. The lowest BCUT2D eigenvalue weighted by Crippen LogP contribution is -2.25. The molecule has 0 spiro atoms. The molecule has 0 saturated carbocycles. The second-order valence-electron chi connectivity index (χ2n) is 11.4. The minimum absolute atomic E-state index is 0.344. The lowest BCUT2D eigenvalue weighted by atomic mass is 10.0. The molecule has 5 aromatic heterocycles. The van der Waals surface area contributed by atoms with Gasteiger partial charge in [0, 0.05) is 71.4 Å². The van der Waals surface area contributed by atoms with Crippen molar-refractivity contribution < 1.29 is 9.13 Å². The minimum Gasteiger partial charge on any atom is -0.492 e. The van der Waals surface area contributed by atoms with Crippen molar-refractivity contribution in [3.8, 4) is 39.4 Å². The van der Waals surface area contributed by atoms with Gasteiger partial charge in [-0.25, -0.2) is 9.37 Å². The van der Waals surface area contributed by atoms with E-state index in [-0.39, 0.29) is 5.82 Å². The number of halogens is 1. The summed E-state index contributed by atoms with van der Waals surface area (Å²) in [6.45, 7) is 4.38. The quantitative estimate of drug-likeness (QED) is 0.221. The molecule has 9 nitrogen and oxygen atoms in total. The summed E-state index contributed by atoms with van der Waals surface area (Å²) in [7, 11) is 4.08. The Morgan fingerprint density at radius 3 is 2.58 bits per heavy atom. The molecule has 0 bridgehead atoms. The first-order valence-corrected chi connectivity index (χ1v) is 14.6. The Kier molecular flexibility index (Phi) is 7.30. The lowest BCUT2D eigenvalue weighted by Gasteiger charge is -2.15. The number of aromatic amines is 2. The first-order valence-electron chi connectivity index (χ1n) is 14.6. The van der Waals surface area contributed by atoms with E-state index < -0.39 is 0 Å². The van der Waals surface area contributed by atoms with Gasteiger partial charge >= 0.3 is 0 Å². The standard InChI is InChI=1S/C33H33FN8O/c1-41(2)20-21-9-23(16-35-15-21)24-12-28-32(39-40-33(28)37-17-24)30-14-27-29(18-36-19-31(27)38-30)22-10-25(34)13-26(11-22)43-8-7-42-5-3-4-6-42/h9-19,38H,3-8,20H2,1-2H3,(H,37,39,40). The molecule has 0 unspecified atom stereocenters. The predicted octanol–water partition coefficient (Wildman–Crippen LogP) is 5.91. The molecule has 0 amide bonds. The van der Waals surface area contributed by atoms with Crippen LogP contribution in [0.5, 0.6) is 5.75 Å². The molecule has 43 heavy (non-hydrogen) atoms. The number of ether oxygens (including phenoxy) is 1. The summed E-state index contributed by atoms with van der Waals surface area (Å²) in [6.07, 6.45) is 11.6. The fourth-order valence-corrected chi connectivity index (χ4v) is 5.88. The summed E-state index contributed by atoms with van der Waals surface area (Å²) in [6, 6.07) is 11.1. The maximum atomic E-state index is 14.8. The third kappa shape index (κ3) is 5.71. The van der Waals surface area contributed by atoms with Crippen molar-refractivity contribution in [2.75, 3.05) is 40.3 Å². The van der Waals surface area contributed by atoms with Gasteiger partial charge in [-0.15, -0.1) is 0 Å². The van der Waals surface area contributed by atoms with Gasteiger partial charge in [0.1, 0.15) is 18.2 Å². The SMILES string of the molecule is CN(C)Cc1cncc(-c2cnc3n[nH]c(-c4cc5c(-c6cc(F)cc(OCCN7CCCC7)c6)cncc5[nH]4)c3c2)c1. The second kappa shape index (κ2) is 11.5. The van der Waals surface area contributed by atoms with E-state index in [0.717, 1.165) is 76.1 Å². The summed E-state index contributed by atoms with van der Waals surface area (Å²) < 4.78 is 20.7. The van der Waals surface area contributed by atoms with Crippen LogP contribution >= 0.6 is 0 Å². The predicted molar refractivity (Wildman–Crippen MR) is 166 cm³/mol. The molecular weight excluding hydrogens is 543 g/mol. The van der Waals surface area contributed by atoms with Crippen LogP contribution in [0.3, 0.4) is 0 Å². The van der Waals surface area contributed by atoms with Crippen LogP contribution in [-0.4, -0.2) is 80.3 Å². The van der Waals surface area contributed by atoms with Crippen LogP contribution in [0.1, 0.15) is 18.4 Å². The Labute approximate surface area is 248 Å². The number of nitrogens with one attached hydrogen (secondary N) is 2. The third-order valence-corrected chi connectivity index (χ3v) is 7.91. The molecule has 1 aliphatic heterocycles. The first kappa shape index (κ1) is 27.2. The smallest absolute Gasteiger partial charge is 0.181 e. The van der Waals surface area contributed by atoms with E-state index in [0.29, 0.717) is 23.6 Å². The fourth-order valence-electron chi connectivity index (χ4n) is 5.88. The van der Waals surface area contributed by atoms with E-state index in [9.17, 15) is 4.39 Å². The number of pyridine rings is 3. The third-order valence-electron chi connectivity index (χ3n) is 7.91. The summed E-state index contributed by atoms with van der Waals surface area (Å²) in [4.78, 5) is 21.5. The van der Waals surface area contributed by atoms with Gasteiger partial charge in [0.05, 0.1) is 23.1 Å². The maximum absolute atomic E-state index is 14.8. The number of benzene rings is 1. The van der Waals surface area contributed by atoms with Gasteiger partial charge in [0.25, 0.3) is 0 Å². The van der Waals surface area contributed by atoms with Crippen LogP contribution in [0.4, 0.5) is 4.39 Å². The zero-order chi connectivity index (χ0) is 29.3. The lowest BCUT2D eigenvalue weighted by molar-refractivity contribution is 0.237. The van der Waals surface area contributed by atoms with E-state index in [1.165, 1.54) is 25.0 Å². The molecule has 1 saturated heterocycles. The number of fused-ring (bicyclic) bond motifs is 2. The molecule has 1 aliphatic rings. The zero-order valence-corrected chi connectivity index (χ0v) is 24.3. The minimum atomic E-state index is -0.344. The molecule has 218 valence electrons. The van der Waals surface area contributed by atoms with E-state index in [1.807, 2.05) is 44.8 Å². The molecule has 2 N–H and O–H groups in total. The van der Waals surface area contributed by atoms with Crippen molar-refractivity contribution in [3.05, 3.63) is 78.8 Å². The highest BCUT2D eigenvalue weighted by Crippen LogP contribution is 2.35. The van der Waals surface area contributed by atoms with Crippen molar-refractivity contribution in [1.82, 2.24) is 39.9 Å². The summed E-state index contributed by atoms with van der Waals surface area (Å²) in [5.41, 5.74) is 7.71. The monoisotopic (exact) mass is 576 g/mol. The molecule has 7 rings (SSSR count). The highest BCUT2D eigenvalue weighted by Gasteiger charge is 2.17. The van der Waals surface area contributed by atoms with Crippen molar-refractivity contribution in [2.45, 2.75) is 19.4 Å². The van der Waals surface area contributed by atoms with Crippen molar-refractivity contribution in [3.63, 3.8) is 0 Å². The van der Waals surface area contributed by atoms with Gasteiger partial charge in [-0.1, -0.05) is 0 Å². The Balaban J connectivity index is 1.21. The number of hydrogen-bond acceptors (Lipinski definition) is 7. The molecule has 0 atom stereocenters. The van der Waals surface area contributed by atoms with Gasteiger partial charge in [-0.3, -0.25) is 20.0 Å². The maximum Gasteiger partial charge on any atom is 0.181 e. The number of nitrogens with zero attached hydrogens (tertiary/aromatic N) is 6. The van der Waals surface area contributed by atoms with Gasteiger partial charge in [-0.2, -0.15) is 5.10 Å². The van der Waals surface area contributed by atoms with Gasteiger partial charge in [0.2, 0.25) is 0 Å². The number of H-pyrrole nitrogens is 2. The number of aromatic nitrogens is 6. The zero-order valence-electron chi connectivity index (χ0n) is 24.3. The molecule has 6 aromatic rings. The average molecular weight is 577 g/mol. The van der Waals surface area contributed by atoms with Crippen molar-refractivity contribution >= 4 is 21.9 Å². The highest BCUT2D eigenvalue weighted by atomic mass is 19.1. The van der Waals surface area contributed by atoms with Crippen LogP contribution in [-0.2, 0) is 6.54 Å². The van der Waals surface area contributed by atoms with Crippen LogP contribution in [0, 0.1) is 5.82 Å². The van der Waals surface area contributed by atoms with E-state index >= 15 is 0 Å². The van der Waals surface area contributed by atoms with Crippen molar-refractivity contribution in [2.24, 2.45) is 0 Å². The highest BCUT2D eigenvalue weighted by molar-refractivity contribution is 6.00. The molecule has 0 radical (unpaired) electrons. The normalized spacial score (nSPS) is 14.0. The van der Waals surface area contributed by atoms with Crippen molar-refractivity contribution in [1.29, 1.82) is 0 Å². The van der Waals surface area contributed by atoms with Gasteiger partial charge < -0.3 is 14.6 Å². The van der Waals surface area contributed by atoms with E-state index in [4.69, 9.17) is 4.74 Å². The molecular formula is C33H33FN8O. The fraction of sp³-hybridized carbons (Fsp3) is 0.273. The molecule has 10 heteroatoms. The Morgan fingerprint density at radius 2 is 1.72 bits per heavy atom. The molecule has 0 aliphatic carbocycles. The largest absolute Gasteiger partial charge is 0.492 e. The van der Waals surface area contributed by atoms with E-state index in [1.54, 1.807) is 12.4 Å². The van der Waals surface area contributed by atoms with Crippen LogP contribution in [0.25, 0.3) is 55.6 Å². The summed E-state index contributed by atoms with van der Waals surface area (Å²) >= 11 is 0. The van der Waals surface area contributed by atoms with Gasteiger partial charge in [-0.05, 0) is 81.5 Å². The number of likely N-dealkylation sites (tertiary alicyclic amines) is 1. The molecule has 1 aromatic carbocycles. The Morgan fingerprint density at radius 1 is 0.884 bits per heavy atom. The van der Waals surface area contributed by atoms with Gasteiger partial charge in [0.15, 0.2) is 5.65 Å². The number of rotatable bonds is 9. The topological polar surface area (TPSA) is 98.8 Å². The Bertz CT molecular complexity index is 1910.